The second-order valence-electron chi connectivity index (χ2n) is 6.14. The Labute approximate surface area is 129 Å². The van der Waals surface area contributed by atoms with E-state index >= 15 is 0 Å². The van der Waals surface area contributed by atoms with Crippen molar-refractivity contribution in [3.63, 3.8) is 0 Å². The number of hydrogen-bond donors (Lipinski definition) is 1. The summed E-state index contributed by atoms with van der Waals surface area (Å²) in [6.45, 7) is -0.0554. The number of carbonyl (C=O) groups is 1. The van der Waals surface area contributed by atoms with E-state index in [2.05, 4.69) is 17.2 Å². The maximum atomic E-state index is 12.8. The van der Waals surface area contributed by atoms with Crippen LogP contribution in [-0.4, -0.2) is 40.0 Å². The predicted octanol–water partition coefficient (Wildman–Crippen LogP) is 2.40. The lowest BCUT2D eigenvalue weighted by molar-refractivity contribution is -0.123. The first kappa shape index (κ1) is 16.9. The Morgan fingerprint density at radius 1 is 1.50 bits per heavy atom. The van der Waals surface area contributed by atoms with Gasteiger partial charge in [-0.2, -0.15) is 8.78 Å². The summed E-state index contributed by atoms with van der Waals surface area (Å²) in [5.41, 5.74) is 0. The van der Waals surface area contributed by atoms with Gasteiger partial charge in [-0.25, -0.2) is 4.98 Å². The molecule has 1 amide bonds. The lowest BCUT2D eigenvalue weighted by Gasteiger charge is -2.30. The Hall–Kier alpha value is -1.50. The maximum absolute atomic E-state index is 12.8. The van der Waals surface area contributed by atoms with Crippen LogP contribution >= 0.6 is 0 Å². The number of imidazole rings is 1. The maximum Gasteiger partial charge on any atom is 0.319 e. The van der Waals surface area contributed by atoms with Crippen molar-refractivity contribution < 1.29 is 13.6 Å². The largest absolute Gasteiger partial charge is 0.352 e. The molecule has 0 aromatic carbocycles. The standard InChI is InChI=1S/C15H24F2N4O/c1-11-5-3-4-6-12(11)19-14(22)10-20(2)9-13-18-7-8-21(13)15(16)17/h7-8,11-12,15H,3-6,9-10H2,1-2H3,(H,19,22). The van der Waals surface area contributed by atoms with E-state index in [4.69, 9.17) is 0 Å². The zero-order chi connectivity index (χ0) is 16.1. The van der Waals surface area contributed by atoms with Gasteiger partial charge < -0.3 is 5.32 Å². The van der Waals surface area contributed by atoms with Crippen LogP contribution < -0.4 is 5.32 Å². The summed E-state index contributed by atoms with van der Waals surface area (Å²) < 4.78 is 26.3. The molecule has 124 valence electrons. The molecule has 5 nitrogen and oxygen atoms in total. The van der Waals surface area contributed by atoms with Crippen molar-refractivity contribution in [2.45, 2.75) is 51.7 Å². The van der Waals surface area contributed by atoms with Gasteiger partial charge in [0.25, 0.3) is 0 Å². The van der Waals surface area contributed by atoms with E-state index in [-0.39, 0.29) is 30.9 Å². The highest BCUT2D eigenvalue weighted by Crippen LogP contribution is 2.23. The fraction of sp³-hybridized carbons (Fsp3) is 0.733. The van der Waals surface area contributed by atoms with Crippen molar-refractivity contribution in [1.82, 2.24) is 19.8 Å². The van der Waals surface area contributed by atoms with Crippen LogP contribution in [0.1, 0.15) is 45.0 Å². The first-order valence-corrected chi connectivity index (χ1v) is 7.75. The summed E-state index contributed by atoms with van der Waals surface area (Å²) in [4.78, 5) is 17.7. The monoisotopic (exact) mass is 314 g/mol. The highest BCUT2D eigenvalue weighted by Gasteiger charge is 2.23. The van der Waals surface area contributed by atoms with Crippen molar-refractivity contribution in [1.29, 1.82) is 0 Å². The summed E-state index contributed by atoms with van der Waals surface area (Å²) in [5, 5.41) is 3.06. The van der Waals surface area contributed by atoms with Crippen molar-refractivity contribution in [2.24, 2.45) is 5.92 Å². The van der Waals surface area contributed by atoms with Crippen LogP contribution in [0.15, 0.2) is 12.4 Å². The minimum Gasteiger partial charge on any atom is -0.352 e. The van der Waals surface area contributed by atoms with Crippen LogP contribution in [-0.2, 0) is 11.3 Å². The van der Waals surface area contributed by atoms with Crippen molar-refractivity contribution in [3.05, 3.63) is 18.2 Å². The van der Waals surface area contributed by atoms with E-state index in [1.54, 1.807) is 11.9 Å². The van der Waals surface area contributed by atoms with Gasteiger partial charge in [-0.3, -0.25) is 14.3 Å². The number of nitrogens with zero attached hydrogens (tertiary/aromatic N) is 3. The topological polar surface area (TPSA) is 50.2 Å². The average Bonchev–Trinajstić information content (AvgIpc) is 2.89. The molecule has 2 rings (SSSR count). The molecular formula is C15H24F2N4O. The lowest BCUT2D eigenvalue weighted by Crippen LogP contribution is -2.45. The van der Waals surface area contributed by atoms with Gasteiger partial charge in [0.05, 0.1) is 13.1 Å². The fourth-order valence-corrected chi connectivity index (χ4v) is 2.97. The molecule has 1 saturated carbocycles. The van der Waals surface area contributed by atoms with Gasteiger partial charge >= 0.3 is 6.55 Å². The Bertz CT molecular complexity index is 492. The zero-order valence-corrected chi connectivity index (χ0v) is 13.1. The number of aromatic nitrogens is 2. The molecule has 1 aliphatic carbocycles. The molecule has 0 saturated heterocycles. The third-order valence-corrected chi connectivity index (χ3v) is 4.24. The highest BCUT2D eigenvalue weighted by molar-refractivity contribution is 5.78. The number of likely N-dealkylation sites (N-methyl/N-ethyl adjacent to an activating group) is 1. The van der Waals surface area contributed by atoms with E-state index in [9.17, 15) is 13.6 Å². The molecule has 0 radical (unpaired) electrons. The van der Waals surface area contributed by atoms with Gasteiger partial charge in [0.15, 0.2) is 0 Å². The van der Waals surface area contributed by atoms with E-state index in [0.717, 1.165) is 23.8 Å². The molecule has 0 aliphatic heterocycles. The van der Waals surface area contributed by atoms with Gasteiger partial charge in [0.2, 0.25) is 5.91 Å². The Morgan fingerprint density at radius 3 is 2.91 bits per heavy atom. The molecule has 0 bridgehead atoms. The third-order valence-electron chi connectivity index (χ3n) is 4.24. The van der Waals surface area contributed by atoms with Crippen LogP contribution in [0.3, 0.4) is 0 Å². The SMILES string of the molecule is CC1CCCCC1NC(=O)CN(C)Cc1nccn1C(F)F. The summed E-state index contributed by atoms with van der Waals surface area (Å²) in [5.74, 6) is 0.702. The lowest BCUT2D eigenvalue weighted by atomic mass is 9.86. The van der Waals surface area contributed by atoms with Crippen LogP contribution in [0.5, 0.6) is 0 Å². The van der Waals surface area contributed by atoms with Gasteiger partial charge in [-0.15, -0.1) is 0 Å². The predicted molar refractivity (Wildman–Crippen MR) is 79.4 cm³/mol. The quantitative estimate of drug-likeness (QED) is 0.877. The van der Waals surface area contributed by atoms with Gasteiger partial charge in [-0.05, 0) is 25.8 Å². The van der Waals surface area contributed by atoms with Crippen LogP contribution in [0.25, 0.3) is 0 Å². The Kier molecular flexibility index (Phi) is 5.88. The van der Waals surface area contributed by atoms with E-state index in [1.807, 2.05) is 0 Å². The number of alkyl halides is 2. The molecule has 2 unspecified atom stereocenters. The molecule has 1 N–H and O–H groups in total. The molecule has 1 aromatic rings. The first-order chi connectivity index (χ1) is 10.5. The number of rotatable bonds is 6. The normalized spacial score (nSPS) is 22.3. The number of carbonyl (C=O) groups excluding carboxylic acids is 1. The summed E-state index contributed by atoms with van der Waals surface area (Å²) >= 11 is 0. The fourth-order valence-electron chi connectivity index (χ4n) is 2.97. The average molecular weight is 314 g/mol. The smallest absolute Gasteiger partial charge is 0.319 e. The summed E-state index contributed by atoms with van der Waals surface area (Å²) in [6.07, 6.45) is 7.14. The second-order valence-corrected chi connectivity index (χ2v) is 6.14. The molecule has 1 aromatic heterocycles. The number of amides is 1. The minimum atomic E-state index is -2.61. The minimum absolute atomic E-state index is 0.0589. The Balaban J connectivity index is 1.82. The molecule has 1 heterocycles. The molecule has 2 atom stereocenters. The highest BCUT2D eigenvalue weighted by atomic mass is 19.3. The molecule has 0 spiro atoms. The summed E-state index contributed by atoms with van der Waals surface area (Å²) in [7, 11) is 1.73. The first-order valence-electron chi connectivity index (χ1n) is 7.75. The van der Waals surface area contributed by atoms with E-state index in [1.165, 1.54) is 18.8 Å². The van der Waals surface area contributed by atoms with E-state index < -0.39 is 6.55 Å². The molecule has 22 heavy (non-hydrogen) atoms. The molecule has 7 heteroatoms. The third kappa shape index (κ3) is 4.50. The van der Waals surface area contributed by atoms with Gasteiger partial charge in [-0.1, -0.05) is 19.8 Å². The molecular weight excluding hydrogens is 290 g/mol. The zero-order valence-electron chi connectivity index (χ0n) is 13.1. The van der Waals surface area contributed by atoms with Crippen molar-refractivity contribution >= 4 is 5.91 Å². The van der Waals surface area contributed by atoms with Crippen LogP contribution in [0.2, 0.25) is 0 Å². The Morgan fingerprint density at radius 2 is 2.23 bits per heavy atom. The molecule has 1 aliphatic rings. The summed E-state index contributed by atoms with van der Waals surface area (Å²) in [6, 6.07) is 0.234. The number of nitrogens with one attached hydrogen (secondary N) is 1. The van der Waals surface area contributed by atoms with Crippen molar-refractivity contribution in [2.75, 3.05) is 13.6 Å². The number of hydrogen-bond acceptors (Lipinski definition) is 3. The second kappa shape index (κ2) is 7.67. The van der Waals surface area contributed by atoms with Crippen LogP contribution in [0, 0.1) is 5.92 Å². The van der Waals surface area contributed by atoms with Crippen LogP contribution in [0.4, 0.5) is 8.78 Å². The number of halogens is 2. The van der Waals surface area contributed by atoms with Gasteiger partial charge in [0.1, 0.15) is 5.82 Å². The molecule has 1 fully saturated rings. The van der Waals surface area contributed by atoms with Crippen molar-refractivity contribution in [3.8, 4) is 0 Å². The van der Waals surface area contributed by atoms with E-state index in [0.29, 0.717) is 5.92 Å². The van der Waals surface area contributed by atoms with Gasteiger partial charge in [0, 0.05) is 18.4 Å².